The van der Waals surface area contributed by atoms with Gasteiger partial charge < -0.3 is 10.4 Å². The molecule has 0 aliphatic heterocycles. The Labute approximate surface area is 123 Å². The van der Waals surface area contributed by atoms with Crippen LogP contribution >= 0.6 is 0 Å². The van der Waals surface area contributed by atoms with Crippen LogP contribution in [-0.4, -0.2) is 23.0 Å². The third-order valence-corrected chi connectivity index (χ3v) is 3.16. The summed E-state index contributed by atoms with van der Waals surface area (Å²) in [6.45, 7) is 1.90. The fourth-order valence-electron chi connectivity index (χ4n) is 2.19. The fourth-order valence-corrected chi connectivity index (χ4v) is 2.19. The Balaban J connectivity index is 2.06. The van der Waals surface area contributed by atoms with Crippen molar-refractivity contribution in [3.05, 3.63) is 71.3 Å². The zero-order valence-electron chi connectivity index (χ0n) is 11.7. The van der Waals surface area contributed by atoms with Crippen molar-refractivity contribution in [1.29, 1.82) is 0 Å². The lowest BCUT2D eigenvalue weighted by Gasteiger charge is -2.15. The van der Waals surface area contributed by atoms with Gasteiger partial charge in [0.15, 0.2) is 0 Å². The number of aromatic carboxylic acids is 1. The second-order valence-electron chi connectivity index (χ2n) is 4.91. The maximum atomic E-state index is 12.2. The summed E-state index contributed by atoms with van der Waals surface area (Å²) in [5.41, 5.74) is 1.32. The Morgan fingerprint density at radius 3 is 2.19 bits per heavy atom. The van der Waals surface area contributed by atoms with Crippen molar-refractivity contribution in [3.63, 3.8) is 0 Å². The first-order valence-corrected chi connectivity index (χ1v) is 6.75. The van der Waals surface area contributed by atoms with E-state index in [4.69, 9.17) is 5.11 Å². The molecule has 0 saturated heterocycles. The molecule has 4 heteroatoms. The summed E-state index contributed by atoms with van der Waals surface area (Å²) in [7, 11) is 0. The summed E-state index contributed by atoms with van der Waals surface area (Å²) in [6.07, 6.45) is 0.696. The molecule has 2 aromatic rings. The van der Waals surface area contributed by atoms with Crippen molar-refractivity contribution >= 4 is 11.9 Å². The van der Waals surface area contributed by atoms with Crippen molar-refractivity contribution < 1.29 is 14.7 Å². The van der Waals surface area contributed by atoms with Crippen molar-refractivity contribution in [1.82, 2.24) is 5.32 Å². The number of benzene rings is 2. The van der Waals surface area contributed by atoms with Crippen molar-refractivity contribution in [2.45, 2.75) is 19.4 Å². The molecule has 0 radical (unpaired) electrons. The van der Waals surface area contributed by atoms with Crippen LogP contribution in [-0.2, 0) is 6.42 Å². The molecule has 0 saturated carbocycles. The number of hydrogen-bond donors (Lipinski definition) is 2. The van der Waals surface area contributed by atoms with Crippen LogP contribution in [0.4, 0.5) is 0 Å². The van der Waals surface area contributed by atoms with E-state index in [1.165, 1.54) is 12.1 Å². The van der Waals surface area contributed by atoms with E-state index in [1.54, 1.807) is 12.1 Å². The van der Waals surface area contributed by atoms with Gasteiger partial charge in [0.25, 0.3) is 5.91 Å². The molecule has 0 heterocycles. The molecule has 0 aliphatic rings. The summed E-state index contributed by atoms with van der Waals surface area (Å²) in [5, 5.41) is 11.9. The largest absolute Gasteiger partial charge is 0.478 e. The van der Waals surface area contributed by atoms with Gasteiger partial charge >= 0.3 is 5.97 Å². The van der Waals surface area contributed by atoms with Gasteiger partial charge in [0.1, 0.15) is 0 Å². The van der Waals surface area contributed by atoms with Gasteiger partial charge in [0.05, 0.1) is 11.1 Å². The molecule has 0 aromatic heterocycles. The topological polar surface area (TPSA) is 66.4 Å². The predicted octanol–water partition coefficient (Wildman–Crippen LogP) is 2.75. The molecule has 0 aliphatic carbocycles. The molecule has 0 fully saturated rings. The summed E-state index contributed by atoms with van der Waals surface area (Å²) in [5.74, 6) is -1.46. The van der Waals surface area contributed by atoms with Crippen LogP contribution in [0.25, 0.3) is 0 Å². The first-order valence-electron chi connectivity index (χ1n) is 6.75. The molecule has 21 heavy (non-hydrogen) atoms. The van der Waals surface area contributed by atoms with Gasteiger partial charge in [-0.1, -0.05) is 42.5 Å². The van der Waals surface area contributed by atoms with E-state index in [0.29, 0.717) is 6.42 Å². The summed E-state index contributed by atoms with van der Waals surface area (Å²) >= 11 is 0. The number of hydrogen-bond acceptors (Lipinski definition) is 2. The Kier molecular flexibility index (Phi) is 4.72. The van der Waals surface area contributed by atoms with Crippen molar-refractivity contribution in [3.8, 4) is 0 Å². The van der Waals surface area contributed by atoms with Crippen LogP contribution in [0.1, 0.15) is 33.2 Å². The monoisotopic (exact) mass is 283 g/mol. The molecule has 108 valence electrons. The highest BCUT2D eigenvalue weighted by molar-refractivity contribution is 6.04. The lowest BCUT2D eigenvalue weighted by atomic mass is 10.0. The quantitative estimate of drug-likeness (QED) is 0.886. The molecule has 0 spiro atoms. The van der Waals surface area contributed by atoms with Gasteiger partial charge in [-0.3, -0.25) is 4.79 Å². The Bertz CT molecular complexity index is 637. The third kappa shape index (κ3) is 3.92. The van der Waals surface area contributed by atoms with Crippen LogP contribution in [0.5, 0.6) is 0 Å². The maximum absolute atomic E-state index is 12.2. The number of carboxylic acid groups (broad SMARTS) is 1. The van der Waals surface area contributed by atoms with E-state index in [-0.39, 0.29) is 23.1 Å². The van der Waals surface area contributed by atoms with E-state index in [2.05, 4.69) is 5.32 Å². The normalized spacial score (nSPS) is 11.7. The lowest BCUT2D eigenvalue weighted by Crippen LogP contribution is -2.34. The van der Waals surface area contributed by atoms with Gasteiger partial charge in [0, 0.05) is 6.04 Å². The molecule has 0 unspecified atom stereocenters. The number of carbonyl (C=O) groups is 2. The molecule has 2 rings (SSSR count). The average molecular weight is 283 g/mol. The van der Waals surface area contributed by atoms with E-state index in [0.717, 1.165) is 5.56 Å². The van der Waals surface area contributed by atoms with Gasteiger partial charge in [-0.05, 0) is 31.0 Å². The Morgan fingerprint density at radius 1 is 1.00 bits per heavy atom. The predicted molar refractivity (Wildman–Crippen MR) is 80.5 cm³/mol. The van der Waals surface area contributed by atoms with Crippen molar-refractivity contribution in [2.75, 3.05) is 0 Å². The smallest absolute Gasteiger partial charge is 0.336 e. The Morgan fingerprint density at radius 2 is 1.57 bits per heavy atom. The van der Waals surface area contributed by atoms with Gasteiger partial charge in [0.2, 0.25) is 0 Å². The minimum Gasteiger partial charge on any atom is -0.478 e. The lowest BCUT2D eigenvalue weighted by molar-refractivity contribution is 0.0690. The van der Waals surface area contributed by atoms with E-state index >= 15 is 0 Å². The van der Waals surface area contributed by atoms with Crippen LogP contribution in [0.15, 0.2) is 54.6 Å². The maximum Gasteiger partial charge on any atom is 0.336 e. The number of amides is 1. The minimum absolute atomic E-state index is 0.0157. The minimum atomic E-state index is -1.10. The van der Waals surface area contributed by atoms with Crippen LogP contribution in [0.2, 0.25) is 0 Å². The number of nitrogens with one attached hydrogen (secondary N) is 1. The SMILES string of the molecule is C[C@@H](Cc1ccccc1)NC(=O)c1ccccc1C(=O)O. The van der Waals surface area contributed by atoms with Crippen molar-refractivity contribution in [2.24, 2.45) is 0 Å². The highest BCUT2D eigenvalue weighted by atomic mass is 16.4. The first-order chi connectivity index (χ1) is 10.1. The average Bonchev–Trinajstić information content (AvgIpc) is 2.48. The van der Waals surface area contributed by atoms with Gasteiger partial charge in [-0.2, -0.15) is 0 Å². The van der Waals surface area contributed by atoms with Crippen LogP contribution < -0.4 is 5.32 Å². The molecular formula is C17H17NO3. The molecule has 2 aromatic carbocycles. The highest BCUT2D eigenvalue weighted by Crippen LogP contribution is 2.10. The van der Waals surface area contributed by atoms with E-state index < -0.39 is 5.97 Å². The van der Waals surface area contributed by atoms with E-state index in [1.807, 2.05) is 37.3 Å². The molecule has 1 atom stereocenters. The summed E-state index contributed by atoms with van der Waals surface area (Å²) in [6, 6.07) is 16.0. The zero-order valence-corrected chi connectivity index (χ0v) is 11.7. The fraction of sp³-hybridized carbons (Fsp3) is 0.176. The molecular weight excluding hydrogens is 266 g/mol. The first kappa shape index (κ1) is 14.8. The Hall–Kier alpha value is -2.62. The molecule has 1 amide bonds. The third-order valence-electron chi connectivity index (χ3n) is 3.16. The summed E-state index contributed by atoms with van der Waals surface area (Å²) < 4.78 is 0. The number of carboxylic acids is 1. The molecule has 2 N–H and O–H groups in total. The van der Waals surface area contributed by atoms with Gasteiger partial charge in [-0.15, -0.1) is 0 Å². The highest BCUT2D eigenvalue weighted by Gasteiger charge is 2.17. The molecule has 0 bridgehead atoms. The zero-order chi connectivity index (χ0) is 15.2. The number of rotatable bonds is 5. The second-order valence-corrected chi connectivity index (χ2v) is 4.91. The second kappa shape index (κ2) is 6.70. The van der Waals surface area contributed by atoms with Crippen LogP contribution in [0, 0.1) is 0 Å². The van der Waals surface area contributed by atoms with Crippen LogP contribution in [0.3, 0.4) is 0 Å². The number of carbonyl (C=O) groups excluding carboxylic acids is 1. The standard InChI is InChI=1S/C17H17NO3/c1-12(11-13-7-3-2-4-8-13)18-16(19)14-9-5-6-10-15(14)17(20)21/h2-10,12H,11H2,1H3,(H,18,19)(H,20,21)/t12-/m0/s1. The summed E-state index contributed by atoms with van der Waals surface area (Å²) in [4.78, 5) is 23.3. The molecule has 4 nitrogen and oxygen atoms in total. The van der Waals surface area contributed by atoms with E-state index in [9.17, 15) is 9.59 Å². The van der Waals surface area contributed by atoms with Gasteiger partial charge in [-0.25, -0.2) is 4.79 Å².